The minimum absolute atomic E-state index is 0. The summed E-state index contributed by atoms with van der Waals surface area (Å²) in [4.78, 5) is 23.1. The molecule has 6 heteroatoms. The molecular weight excluding hydrogens is 302 g/mol. The third-order valence-electron chi connectivity index (χ3n) is 3.85. The fraction of sp³-hybridized carbons (Fsp3) is 0.500. The Balaban J connectivity index is 0.00000441. The second-order valence-electron chi connectivity index (χ2n) is 5.84. The van der Waals surface area contributed by atoms with E-state index in [1.807, 2.05) is 32.9 Å². The van der Waals surface area contributed by atoms with Gasteiger partial charge < -0.3 is 16.4 Å². The molecule has 22 heavy (non-hydrogen) atoms. The van der Waals surface area contributed by atoms with E-state index in [1.165, 1.54) is 6.92 Å². The first kappa shape index (κ1) is 20.4. The monoisotopic (exact) mass is 327 g/mol. The van der Waals surface area contributed by atoms with E-state index in [2.05, 4.69) is 10.6 Å². The van der Waals surface area contributed by atoms with E-state index in [0.29, 0.717) is 18.7 Å². The van der Waals surface area contributed by atoms with E-state index in [-0.39, 0.29) is 30.1 Å². The summed E-state index contributed by atoms with van der Waals surface area (Å²) in [7, 11) is 0. The Bertz CT molecular complexity index is 503. The molecule has 0 saturated heterocycles. The van der Waals surface area contributed by atoms with Crippen LogP contribution in [0.1, 0.15) is 43.6 Å². The van der Waals surface area contributed by atoms with Crippen LogP contribution in [-0.4, -0.2) is 23.9 Å². The highest BCUT2D eigenvalue weighted by Crippen LogP contribution is 2.16. The molecule has 0 aliphatic heterocycles. The van der Waals surface area contributed by atoms with Gasteiger partial charge in [0.15, 0.2) is 0 Å². The van der Waals surface area contributed by atoms with Crippen molar-refractivity contribution in [3.63, 3.8) is 0 Å². The fourth-order valence-corrected chi connectivity index (χ4v) is 1.76. The maximum atomic E-state index is 12.3. The first-order valence-electron chi connectivity index (χ1n) is 7.14. The topological polar surface area (TPSA) is 84.2 Å². The van der Waals surface area contributed by atoms with E-state index in [0.717, 1.165) is 5.56 Å². The van der Waals surface area contributed by atoms with Crippen LogP contribution < -0.4 is 16.4 Å². The zero-order valence-electron chi connectivity index (χ0n) is 13.6. The van der Waals surface area contributed by atoms with Gasteiger partial charge in [0.1, 0.15) is 0 Å². The van der Waals surface area contributed by atoms with Gasteiger partial charge in [-0.15, -0.1) is 12.4 Å². The molecule has 4 N–H and O–H groups in total. The molecule has 0 fully saturated rings. The first-order chi connectivity index (χ1) is 9.78. The standard InChI is InChI=1S/C16H25N3O2.ClH/c1-11(2)16(4,10-17)19-15(21)14-7-5-13(6-8-14)9-18-12(3)20;/h5-8,11H,9-10,17H2,1-4H3,(H,18,20)(H,19,21);1H. The summed E-state index contributed by atoms with van der Waals surface area (Å²) in [5, 5.41) is 5.71. The van der Waals surface area contributed by atoms with Gasteiger partial charge in [-0.25, -0.2) is 0 Å². The molecule has 2 amide bonds. The summed E-state index contributed by atoms with van der Waals surface area (Å²) in [5.41, 5.74) is 6.88. The fourth-order valence-electron chi connectivity index (χ4n) is 1.76. The van der Waals surface area contributed by atoms with Crippen molar-refractivity contribution < 1.29 is 9.59 Å². The van der Waals surface area contributed by atoms with Crippen LogP contribution in [0.5, 0.6) is 0 Å². The zero-order chi connectivity index (χ0) is 16.0. The number of benzene rings is 1. The van der Waals surface area contributed by atoms with Crippen molar-refractivity contribution in [3.8, 4) is 0 Å². The molecule has 0 aliphatic rings. The minimum atomic E-state index is -0.425. The van der Waals surface area contributed by atoms with Gasteiger partial charge in [0.25, 0.3) is 5.91 Å². The van der Waals surface area contributed by atoms with Crippen LogP contribution in [0.2, 0.25) is 0 Å². The molecular formula is C16H26ClN3O2. The Morgan fingerprint density at radius 3 is 2.18 bits per heavy atom. The van der Waals surface area contributed by atoms with E-state index >= 15 is 0 Å². The average molecular weight is 328 g/mol. The zero-order valence-corrected chi connectivity index (χ0v) is 14.4. The van der Waals surface area contributed by atoms with Crippen LogP contribution in [0.25, 0.3) is 0 Å². The normalized spacial score (nSPS) is 13.0. The Hall–Kier alpha value is -1.59. The number of carbonyl (C=O) groups is 2. The molecule has 0 heterocycles. The second-order valence-corrected chi connectivity index (χ2v) is 5.84. The molecule has 1 aromatic carbocycles. The van der Waals surface area contributed by atoms with Gasteiger partial charge >= 0.3 is 0 Å². The lowest BCUT2D eigenvalue weighted by atomic mass is 9.88. The maximum absolute atomic E-state index is 12.3. The highest BCUT2D eigenvalue weighted by atomic mass is 35.5. The predicted octanol–water partition coefficient (Wildman–Crippen LogP) is 1.85. The van der Waals surface area contributed by atoms with E-state index in [1.54, 1.807) is 12.1 Å². The smallest absolute Gasteiger partial charge is 0.251 e. The van der Waals surface area contributed by atoms with Crippen molar-refractivity contribution in [1.82, 2.24) is 10.6 Å². The van der Waals surface area contributed by atoms with Crippen LogP contribution in [-0.2, 0) is 11.3 Å². The number of nitrogens with one attached hydrogen (secondary N) is 2. The van der Waals surface area contributed by atoms with Gasteiger partial charge in [0.05, 0.1) is 5.54 Å². The quantitative estimate of drug-likeness (QED) is 0.745. The van der Waals surface area contributed by atoms with E-state index in [4.69, 9.17) is 5.73 Å². The third-order valence-corrected chi connectivity index (χ3v) is 3.85. The molecule has 1 aromatic rings. The van der Waals surface area contributed by atoms with E-state index in [9.17, 15) is 9.59 Å². The Kier molecular flexibility index (Phi) is 8.12. The molecule has 1 unspecified atom stereocenters. The molecule has 0 aromatic heterocycles. The van der Waals surface area contributed by atoms with Gasteiger partial charge in [-0.05, 0) is 30.5 Å². The lowest BCUT2D eigenvalue weighted by Crippen LogP contribution is -2.55. The van der Waals surface area contributed by atoms with Gasteiger partial charge in [-0.3, -0.25) is 9.59 Å². The third kappa shape index (κ3) is 5.66. The Morgan fingerprint density at radius 2 is 1.77 bits per heavy atom. The number of rotatable bonds is 6. The maximum Gasteiger partial charge on any atom is 0.251 e. The second kappa shape index (κ2) is 8.76. The van der Waals surface area contributed by atoms with Crippen molar-refractivity contribution in [3.05, 3.63) is 35.4 Å². The number of hydrogen-bond donors (Lipinski definition) is 3. The van der Waals surface area contributed by atoms with Crippen molar-refractivity contribution in [2.24, 2.45) is 11.7 Å². The minimum Gasteiger partial charge on any atom is -0.352 e. The first-order valence-corrected chi connectivity index (χ1v) is 7.14. The lowest BCUT2D eigenvalue weighted by molar-refractivity contribution is -0.119. The molecule has 0 aliphatic carbocycles. The highest BCUT2D eigenvalue weighted by Gasteiger charge is 2.28. The summed E-state index contributed by atoms with van der Waals surface area (Å²) < 4.78 is 0. The summed E-state index contributed by atoms with van der Waals surface area (Å²) >= 11 is 0. The molecule has 1 rings (SSSR count). The van der Waals surface area contributed by atoms with Gasteiger partial charge in [-0.2, -0.15) is 0 Å². The lowest BCUT2D eigenvalue weighted by Gasteiger charge is -2.33. The highest BCUT2D eigenvalue weighted by molar-refractivity contribution is 5.94. The number of halogens is 1. The van der Waals surface area contributed by atoms with Crippen molar-refractivity contribution >= 4 is 24.2 Å². The number of carbonyl (C=O) groups excluding carboxylic acids is 2. The van der Waals surface area contributed by atoms with Crippen LogP contribution in [0, 0.1) is 5.92 Å². The van der Waals surface area contributed by atoms with Gasteiger partial charge in [0, 0.05) is 25.6 Å². The number of amides is 2. The van der Waals surface area contributed by atoms with Gasteiger partial charge in [0.2, 0.25) is 5.91 Å². The average Bonchev–Trinajstić information content (AvgIpc) is 2.45. The van der Waals surface area contributed by atoms with Crippen LogP contribution in [0.15, 0.2) is 24.3 Å². The van der Waals surface area contributed by atoms with Gasteiger partial charge in [-0.1, -0.05) is 26.0 Å². The molecule has 124 valence electrons. The summed E-state index contributed by atoms with van der Waals surface area (Å²) in [6, 6.07) is 7.17. The Morgan fingerprint density at radius 1 is 1.23 bits per heavy atom. The Labute approximate surface area is 138 Å². The molecule has 1 atom stereocenters. The summed E-state index contributed by atoms with van der Waals surface area (Å²) in [5.74, 6) is 0.0284. The molecule has 0 spiro atoms. The van der Waals surface area contributed by atoms with Crippen LogP contribution in [0.4, 0.5) is 0 Å². The van der Waals surface area contributed by atoms with Crippen LogP contribution in [0.3, 0.4) is 0 Å². The molecule has 0 radical (unpaired) electrons. The number of hydrogen-bond acceptors (Lipinski definition) is 3. The number of nitrogens with two attached hydrogens (primary N) is 1. The van der Waals surface area contributed by atoms with E-state index < -0.39 is 5.54 Å². The predicted molar refractivity (Wildman–Crippen MR) is 91.0 cm³/mol. The summed E-state index contributed by atoms with van der Waals surface area (Å²) in [6.07, 6.45) is 0. The molecule has 0 bridgehead atoms. The van der Waals surface area contributed by atoms with Crippen molar-refractivity contribution in [2.75, 3.05) is 6.54 Å². The van der Waals surface area contributed by atoms with Crippen molar-refractivity contribution in [2.45, 2.75) is 39.8 Å². The molecule has 5 nitrogen and oxygen atoms in total. The SMILES string of the molecule is CC(=O)NCc1ccc(C(=O)NC(C)(CN)C(C)C)cc1.Cl. The summed E-state index contributed by atoms with van der Waals surface area (Å²) in [6.45, 7) is 8.33. The molecule has 0 saturated carbocycles. The van der Waals surface area contributed by atoms with Crippen LogP contribution >= 0.6 is 12.4 Å². The largest absolute Gasteiger partial charge is 0.352 e. The van der Waals surface area contributed by atoms with Crippen molar-refractivity contribution in [1.29, 1.82) is 0 Å².